The number of hydrogen-bond donors (Lipinski definition) is 2. The highest BCUT2D eigenvalue weighted by atomic mass is 16.5. The number of carbonyl (C=O) groups is 2. The monoisotopic (exact) mass is 387 g/mol. The summed E-state index contributed by atoms with van der Waals surface area (Å²) in [6.45, 7) is 6.90. The first kappa shape index (κ1) is 20.6. The van der Waals surface area contributed by atoms with Crippen molar-refractivity contribution in [3.63, 3.8) is 0 Å². The van der Waals surface area contributed by atoms with E-state index >= 15 is 0 Å². The number of anilines is 1. The van der Waals surface area contributed by atoms with Crippen molar-refractivity contribution in [2.45, 2.75) is 52.0 Å². The van der Waals surface area contributed by atoms with E-state index in [9.17, 15) is 9.59 Å². The lowest BCUT2D eigenvalue weighted by Gasteiger charge is -2.30. The maximum absolute atomic E-state index is 12.9. The van der Waals surface area contributed by atoms with Crippen molar-refractivity contribution in [1.29, 1.82) is 0 Å². The van der Waals surface area contributed by atoms with Crippen LogP contribution < -0.4 is 15.4 Å². The fourth-order valence-corrected chi connectivity index (χ4v) is 4.45. The second-order valence-electron chi connectivity index (χ2n) is 8.21. The van der Waals surface area contributed by atoms with Gasteiger partial charge in [-0.1, -0.05) is 13.0 Å². The number of carbonyl (C=O) groups excluding carboxylic acids is 2. The molecule has 1 aromatic rings. The van der Waals surface area contributed by atoms with Gasteiger partial charge in [-0.3, -0.25) is 9.59 Å². The molecule has 1 aromatic carbocycles. The van der Waals surface area contributed by atoms with Crippen LogP contribution in [-0.2, 0) is 9.59 Å². The van der Waals surface area contributed by atoms with E-state index in [1.54, 1.807) is 12.0 Å². The van der Waals surface area contributed by atoms with Crippen molar-refractivity contribution >= 4 is 17.5 Å². The predicted molar refractivity (Wildman–Crippen MR) is 110 cm³/mol. The third-order valence-electron chi connectivity index (χ3n) is 6.17. The van der Waals surface area contributed by atoms with Gasteiger partial charge in [-0.05, 0) is 75.2 Å². The fourth-order valence-electron chi connectivity index (χ4n) is 4.45. The largest absolute Gasteiger partial charge is 0.495 e. The Bertz CT molecular complexity index is 700. The van der Waals surface area contributed by atoms with Crippen molar-refractivity contribution in [2.75, 3.05) is 32.1 Å². The summed E-state index contributed by atoms with van der Waals surface area (Å²) in [4.78, 5) is 27.7. The molecule has 0 aliphatic carbocycles. The second-order valence-corrected chi connectivity index (χ2v) is 8.21. The summed E-state index contributed by atoms with van der Waals surface area (Å²) >= 11 is 0. The molecule has 154 valence electrons. The number of aryl methyl sites for hydroxylation is 1. The van der Waals surface area contributed by atoms with Gasteiger partial charge < -0.3 is 20.3 Å². The Morgan fingerprint density at radius 1 is 1.29 bits per heavy atom. The Morgan fingerprint density at radius 3 is 2.75 bits per heavy atom. The summed E-state index contributed by atoms with van der Waals surface area (Å²) in [5, 5.41) is 6.36. The number of nitrogens with zero attached hydrogens (tertiary/aromatic N) is 1. The topological polar surface area (TPSA) is 70.7 Å². The number of piperidine rings is 1. The second kappa shape index (κ2) is 9.41. The predicted octanol–water partition coefficient (Wildman–Crippen LogP) is 2.96. The van der Waals surface area contributed by atoms with Gasteiger partial charge in [0.2, 0.25) is 11.8 Å². The summed E-state index contributed by atoms with van der Waals surface area (Å²) in [5.41, 5.74) is 1.71. The normalized spacial score (nSPS) is 21.4. The van der Waals surface area contributed by atoms with Crippen molar-refractivity contribution in [3.8, 4) is 5.75 Å². The zero-order valence-electron chi connectivity index (χ0n) is 17.3. The molecule has 2 saturated heterocycles. The molecule has 2 aliphatic rings. The molecule has 2 aliphatic heterocycles. The van der Waals surface area contributed by atoms with Gasteiger partial charge in [-0.25, -0.2) is 0 Å². The van der Waals surface area contributed by atoms with Crippen LogP contribution in [0.1, 0.15) is 44.6 Å². The molecule has 3 rings (SSSR count). The molecular formula is C22H33N3O3. The van der Waals surface area contributed by atoms with Crippen molar-refractivity contribution < 1.29 is 14.3 Å². The molecule has 2 heterocycles. The number of hydrogen-bond acceptors (Lipinski definition) is 4. The number of nitrogens with one attached hydrogen (secondary N) is 2. The van der Waals surface area contributed by atoms with E-state index < -0.39 is 6.04 Å². The van der Waals surface area contributed by atoms with Crippen molar-refractivity contribution in [2.24, 2.45) is 11.8 Å². The summed E-state index contributed by atoms with van der Waals surface area (Å²) in [6.07, 6.45) is 4.38. The lowest BCUT2D eigenvalue weighted by molar-refractivity contribution is -0.137. The molecule has 2 amide bonds. The zero-order chi connectivity index (χ0) is 20.1. The first-order chi connectivity index (χ1) is 13.5. The standard InChI is InChI=1S/C22H33N3O3/c1-15-6-7-20(28-3)18(13-15)24-22(27)19-5-4-12-25(19)21(26)14-16(2)17-8-10-23-11-9-17/h6-7,13,16-17,19,23H,4-5,8-12,14H2,1-3H3,(H,24,27). The van der Waals surface area contributed by atoms with E-state index in [0.29, 0.717) is 42.7 Å². The third kappa shape index (κ3) is 4.85. The van der Waals surface area contributed by atoms with E-state index in [1.807, 2.05) is 25.1 Å². The molecule has 0 aromatic heterocycles. The van der Waals surface area contributed by atoms with Gasteiger partial charge in [0.05, 0.1) is 12.8 Å². The molecule has 6 heteroatoms. The van der Waals surface area contributed by atoms with Crippen LogP contribution in [0.15, 0.2) is 18.2 Å². The molecule has 0 bridgehead atoms. The smallest absolute Gasteiger partial charge is 0.247 e. The van der Waals surface area contributed by atoms with Gasteiger partial charge >= 0.3 is 0 Å². The zero-order valence-corrected chi connectivity index (χ0v) is 17.3. The van der Waals surface area contributed by atoms with Crippen LogP contribution in [0.25, 0.3) is 0 Å². The molecule has 2 atom stereocenters. The first-order valence-electron chi connectivity index (χ1n) is 10.4. The minimum atomic E-state index is -0.391. The summed E-state index contributed by atoms with van der Waals surface area (Å²) in [6, 6.07) is 5.31. The Balaban J connectivity index is 1.62. The molecule has 2 fully saturated rings. The molecular weight excluding hydrogens is 354 g/mol. The maximum Gasteiger partial charge on any atom is 0.247 e. The number of ether oxygens (including phenoxy) is 1. The van der Waals surface area contributed by atoms with Gasteiger partial charge in [0.1, 0.15) is 11.8 Å². The van der Waals surface area contributed by atoms with Gasteiger partial charge in [0.25, 0.3) is 0 Å². The number of amides is 2. The highest BCUT2D eigenvalue weighted by Gasteiger charge is 2.35. The Morgan fingerprint density at radius 2 is 2.04 bits per heavy atom. The summed E-state index contributed by atoms with van der Waals surface area (Å²) < 4.78 is 5.36. The number of likely N-dealkylation sites (tertiary alicyclic amines) is 1. The van der Waals surface area contributed by atoms with Crippen LogP contribution in [0.3, 0.4) is 0 Å². The van der Waals surface area contributed by atoms with Crippen LogP contribution in [0, 0.1) is 18.8 Å². The minimum Gasteiger partial charge on any atom is -0.495 e. The fraction of sp³-hybridized carbons (Fsp3) is 0.636. The minimum absolute atomic E-state index is 0.111. The molecule has 28 heavy (non-hydrogen) atoms. The average molecular weight is 388 g/mol. The van der Waals surface area contributed by atoms with Gasteiger partial charge in [-0.2, -0.15) is 0 Å². The highest BCUT2D eigenvalue weighted by Crippen LogP contribution is 2.29. The first-order valence-corrected chi connectivity index (χ1v) is 10.4. The number of benzene rings is 1. The van der Waals surface area contributed by atoms with Gasteiger partial charge in [0.15, 0.2) is 0 Å². The SMILES string of the molecule is COc1ccc(C)cc1NC(=O)C1CCCN1C(=O)CC(C)C1CCNCC1. The summed E-state index contributed by atoms with van der Waals surface area (Å²) in [5.74, 6) is 1.57. The van der Waals surface area contributed by atoms with Crippen LogP contribution in [-0.4, -0.2) is 49.5 Å². The molecule has 0 spiro atoms. The number of rotatable bonds is 6. The Kier molecular flexibility index (Phi) is 6.94. The van der Waals surface area contributed by atoms with Crippen LogP contribution in [0.4, 0.5) is 5.69 Å². The van der Waals surface area contributed by atoms with E-state index in [-0.39, 0.29) is 11.8 Å². The van der Waals surface area contributed by atoms with Gasteiger partial charge in [-0.15, -0.1) is 0 Å². The lowest BCUT2D eigenvalue weighted by Crippen LogP contribution is -2.44. The molecule has 2 unspecified atom stereocenters. The maximum atomic E-state index is 12.9. The Labute approximate surface area is 168 Å². The Hall–Kier alpha value is -2.08. The van der Waals surface area contributed by atoms with E-state index in [4.69, 9.17) is 4.74 Å². The van der Waals surface area contributed by atoms with E-state index in [2.05, 4.69) is 17.6 Å². The van der Waals surface area contributed by atoms with Crippen LogP contribution in [0.2, 0.25) is 0 Å². The molecule has 0 saturated carbocycles. The van der Waals surface area contributed by atoms with Crippen molar-refractivity contribution in [3.05, 3.63) is 23.8 Å². The van der Waals surface area contributed by atoms with E-state index in [1.165, 1.54) is 0 Å². The average Bonchev–Trinajstić information content (AvgIpc) is 3.19. The van der Waals surface area contributed by atoms with E-state index in [0.717, 1.165) is 37.9 Å². The quantitative estimate of drug-likeness (QED) is 0.787. The lowest BCUT2D eigenvalue weighted by atomic mass is 9.84. The van der Waals surface area contributed by atoms with Crippen molar-refractivity contribution in [1.82, 2.24) is 10.2 Å². The highest BCUT2D eigenvalue weighted by molar-refractivity contribution is 5.98. The summed E-state index contributed by atoms with van der Waals surface area (Å²) in [7, 11) is 1.59. The van der Waals surface area contributed by atoms with Crippen LogP contribution in [0.5, 0.6) is 5.75 Å². The number of methoxy groups -OCH3 is 1. The van der Waals surface area contributed by atoms with Gasteiger partial charge in [0, 0.05) is 13.0 Å². The molecule has 2 N–H and O–H groups in total. The molecule has 0 radical (unpaired) electrons. The third-order valence-corrected chi connectivity index (χ3v) is 6.17. The van der Waals surface area contributed by atoms with Crippen LogP contribution >= 0.6 is 0 Å². The molecule has 6 nitrogen and oxygen atoms in total.